The number of hydrogen-bond donors (Lipinski definition) is 1. The summed E-state index contributed by atoms with van der Waals surface area (Å²) in [5, 5.41) is 10.6. The van der Waals surface area contributed by atoms with Crippen LogP contribution in [0.4, 0.5) is 5.82 Å². The molecule has 4 atom stereocenters. The van der Waals surface area contributed by atoms with Crippen LogP contribution in [0.2, 0.25) is 34.3 Å². The van der Waals surface area contributed by atoms with Crippen molar-refractivity contribution in [2.24, 2.45) is 16.7 Å². The number of ether oxygens (including phenoxy) is 1. The number of hydrogen-bond acceptors (Lipinski definition) is 7. The Morgan fingerprint density at radius 2 is 1.43 bits per heavy atom. The van der Waals surface area contributed by atoms with Gasteiger partial charge >= 0.3 is 5.69 Å². The molecule has 1 aromatic rings. The van der Waals surface area contributed by atoms with E-state index in [9.17, 15) is 10.1 Å². The zero-order valence-corrected chi connectivity index (χ0v) is 30.9. The maximum Gasteiger partial charge on any atom is 0.351 e. The van der Waals surface area contributed by atoms with Gasteiger partial charge in [-0.05, 0) is 51.1 Å². The van der Waals surface area contributed by atoms with Crippen molar-refractivity contribution in [1.29, 1.82) is 5.26 Å². The quantitative estimate of drug-likeness (QED) is 0.236. The normalized spacial score (nSPS) is 22.5. The minimum absolute atomic E-state index is 0.0512. The van der Waals surface area contributed by atoms with Crippen molar-refractivity contribution in [3.05, 3.63) is 22.7 Å². The van der Waals surface area contributed by atoms with Crippen LogP contribution in [0, 0.1) is 28.1 Å². The first-order valence-electron chi connectivity index (χ1n) is 15.8. The molecule has 1 saturated heterocycles. The molecule has 1 aliphatic rings. The molecule has 8 nitrogen and oxygen atoms in total. The summed E-state index contributed by atoms with van der Waals surface area (Å²) in [5.74, 6) is -0.568. The van der Waals surface area contributed by atoms with E-state index in [0.717, 1.165) is 12.1 Å². The molecule has 2 heterocycles. The first-order chi connectivity index (χ1) is 19.1. The molecule has 1 aromatic heterocycles. The summed E-state index contributed by atoms with van der Waals surface area (Å²) in [7, 11) is -4.74. The van der Waals surface area contributed by atoms with Crippen LogP contribution in [0.5, 0.6) is 0 Å². The fraction of sp³-hybridized carbons (Fsp3) is 0.844. The minimum atomic E-state index is -2.46. The first kappa shape index (κ1) is 36.7. The molecule has 0 bridgehead atoms. The molecule has 42 heavy (non-hydrogen) atoms. The Kier molecular flexibility index (Phi) is 11.9. The van der Waals surface area contributed by atoms with E-state index in [0.29, 0.717) is 28.8 Å². The highest BCUT2D eigenvalue weighted by atomic mass is 28.4. The Bertz CT molecular complexity index is 1120. The summed E-state index contributed by atoms with van der Waals surface area (Å²) < 4.78 is 22.6. The van der Waals surface area contributed by atoms with Gasteiger partial charge in [0.2, 0.25) is 0 Å². The number of aromatic nitrogens is 2. The van der Waals surface area contributed by atoms with Crippen molar-refractivity contribution in [3.8, 4) is 6.07 Å². The number of nitrogens with zero attached hydrogens (tertiary/aromatic N) is 3. The van der Waals surface area contributed by atoms with E-state index in [1.54, 1.807) is 12.3 Å². The van der Waals surface area contributed by atoms with Crippen LogP contribution >= 0.6 is 0 Å². The molecule has 10 heteroatoms. The first-order valence-corrected chi connectivity index (χ1v) is 20.4. The monoisotopic (exact) mass is 620 g/mol. The maximum absolute atomic E-state index is 13.0. The van der Waals surface area contributed by atoms with E-state index in [1.165, 1.54) is 4.57 Å². The molecule has 240 valence electrons. The second kappa shape index (κ2) is 13.6. The predicted molar refractivity (Wildman–Crippen MR) is 177 cm³/mol. The minimum Gasteiger partial charge on any atom is -0.414 e. The molecular formula is C32H60N4O4Si2. The number of nitrogen functional groups attached to an aromatic ring is 1. The molecule has 0 aliphatic carbocycles. The van der Waals surface area contributed by atoms with Crippen LogP contribution in [0.15, 0.2) is 17.1 Å². The van der Waals surface area contributed by atoms with Gasteiger partial charge in [-0.2, -0.15) is 10.2 Å². The molecule has 1 fully saturated rings. The van der Waals surface area contributed by atoms with Crippen molar-refractivity contribution < 1.29 is 13.6 Å². The predicted octanol–water partition coefficient (Wildman–Crippen LogP) is 7.89. The van der Waals surface area contributed by atoms with Gasteiger partial charge in [-0.1, -0.05) is 96.9 Å². The average Bonchev–Trinajstić information content (AvgIpc) is 3.15. The molecule has 2 N–H and O–H groups in total. The summed E-state index contributed by atoms with van der Waals surface area (Å²) >= 11 is 0. The average molecular weight is 621 g/mol. The van der Waals surface area contributed by atoms with Crippen molar-refractivity contribution in [3.63, 3.8) is 0 Å². The van der Waals surface area contributed by atoms with E-state index in [-0.39, 0.29) is 16.6 Å². The Balaban J connectivity index is 2.67. The molecule has 1 aliphatic heterocycles. The van der Waals surface area contributed by atoms with E-state index >= 15 is 0 Å². The summed E-state index contributed by atoms with van der Waals surface area (Å²) in [6, 6.07) is 6.02. The van der Waals surface area contributed by atoms with Crippen LogP contribution in [0.3, 0.4) is 0 Å². The molecule has 0 unspecified atom stereocenters. The smallest absolute Gasteiger partial charge is 0.351 e. The standard InChI is InChI=1S/C32H60N4O4Si2/c1-21(2)41(22(3)4,19-31(9,10)11)38-18-26-28(40-42(23(5)6,24(7)8)20-32(12,13)14)25(17-33)29(39-26)36-16-15-27(34)35-30(36)37/h15-16,21-26,28-29H,18-20H2,1-14H3,(H2,34,35,37)/t25-,26+,28-,29+/m0/s1. The zero-order chi connectivity index (χ0) is 32.4. The lowest BCUT2D eigenvalue weighted by Crippen LogP contribution is -2.54. The van der Waals surface area contributed by atoms with Crippen molar-refractivity contribution in [1.82, 2.24) is 9.55 Å². The molecular weight excluding hydrogens is 561 g/mol. The van der Waals surface area contributed by atoms with Crippen LogP contribution in [-0.4, -0.2) is 45.0 Å². The van der Waals surface area contributed by atoms with Crippen molar-refractivity contribution >= 4 is 22.5 Å². The van der Waals surface area contributed by atoms with Crippen LogP contribution in [0.25, 0.3) is 0 Å². The Morgan fingerprint density at radius 3 is 1.83 bits per heavy atom. The topological polar surface area (TPSA) is 112 Å². The van der Waals surface area contributed by atoms with Gasteiger partial charge in [0.15, 0.2) is 22.9 Å². The largest absolute Gasteiger partial charge is 0.414 e. The Labute approximate surface area is 258 Å². The van der Waals surface area contributed by atoms with Crippen molar-refractivity contribution in [2.75, 3.05) is 12.3 Å². The zero-order valence-electron chi connectivity index (χ0n) is 28.9. The third-order valence-corrected chi connectivity index (χ3v) is 21.5. The van der Waals surface area contributed by atoms with Gasteiger partial charge in [0.05, 0.1) is 18.8 Å². The van der Waals surface area contributed by atoms with Crippen LogP contribution in [0.1, 0.15) is 103 Å². The summed E-state index contributed by atoms with van der Waals surface area (Å²) in [6.07, 6.45) is -0.306. The van der Waals surface area contributed by atoms with Gasteiger partial charge in [-0.3, -0.25) is 4.57 Å². The van der Waals surface area contributed by atoms with Gasteiger partial charge in [0.25, 0.3) is 0 Å². The number of nitrogens with two attached hydrogens (primary N) is 1. The highest BCUT2D eigenvalue weighted by Crippen LogP contribution is 2.48. The van der Waals surface area contributed by atoms with Crippen molar-refractivity contribution in [2.45, 2.75) is 150 Å². The molecule has 0 saturated carbocycles. The fourth-order valence-corrected chi connectivity index (χ4v) is 17.3. The van der Waals surface area contributed by atoms with Gasteiger partial charge in [0.1, 0.15) is 17.8 Å². The molecule has 0 spiro atoms. The van der Waals surface area contributed by atoms with Gasteiger partial charge < -0.3 is 19.3 Å². The van der Waals surface area contributed by atoms with E-state index in [1.807, 2.05) is 0 Å². The Hall–Kier alpha value is -1.52. The summed E-state index contributed by atoms with van der Waals surface area (Å²) in [5.41, 5.74) is 6.84. The third kappa shape index (κ3) is 8.35. The van der Waals surface area contributed by atoms with E-state index in [2.05, 4.69) is 108 Å². The molecule has 0 amide bonds. The Morgan fingerprint density at radius 1 is 0.952 bits per heavy atom. The highest BCUT2D eigenvalue weighted by Gasteiger charge is 2.55. The molecule has 0 radical (unpaired) electrons. The fourth-order valence-electron chi connectivity index (χ4n) is 7.01. The number of rotatable bonds is 12. The third-order valence-electron chi connectivity index (χ3n) is 9.01. The van der Waals surface area contributed by atoms with E-state index < -0.39 is 46.7 Å². The second-order valence-electron chi connectivity index (χ2n) is 16.2. The summed E-state index contributed by atoms with van der Waals surface area (Å²) in [4.78, 5) is 16.9. The van der Waals surface area contributed by atoms with E-state index in [4.69, 9.17) is 19.3 Å². The lowest BCUT2D eigenvalue weighted by molar-refractivity contribution is -0.0436. The number of anilines is 1. The second-order valence-corrected chi connectivity index (χ2v) is 25.8. The number of nitriles is 1. The molecule has 2 rings (SSSR count). The van der Waals surface area contributed by atoms with Gasteiger partial charge in [0, 0.05) is 6.20 Å². The highest BCUT2D eigenvalue weighted by molar-refractivity contribution is 6.77. The lowest BCUT2D eigenvalue weighted by atomic mass is 10.0. The van der Waals surface area contributed by atoms with Crippen LogP contribution < -0.4 is 11.4 Å². The maximum atomic E-state index is 13.0. The van der Waals surface area contributed by atoms with Gasteiger partial charge in [-0.15, -0.1) is 0 Å². The lowest BCUT2D eigenvalue weighted by Gasteiger charge is -2.46. The molecule has 0 aromatic carbocycles. The summed E-state index contributed by atoms with van der Waals surface area (Å²) in [6.45, 7) is 32.1. The SMILES string of the molecule is CC(C)[Si](CC(C)(C)C)(OC[C@H]1O[C@@H](n2ccc(N)nc2=O)[C@@H](C#N)[C@@H]1O[Si](CC(C)(C)C)(C(C)C)C(C)C)C(C)C. The van der Waals surface area contributed by atoms with Gasteiger partial charge in [-0.25, -0.2) is 4.79 Å². The van der Waals surface area contributed by atoms with Crippen LogP contribution in [-0.2, 0) is 13.6 Å².